The van der Waals surface area contributed by atoms with Gasteiger partial charge < -0.3 is 9.47 Å². The molecule has 0 radical (unpaired) electrons. The molecule has 0 aliphatic carbocycles. The van der Waals surface area contributed by atoms with E-state index >= 15 is 0 Å². The van der Waals surface area contributed by atoms with Crippen LogP contribution in [-0.2, 0) is 13.6 Å². The molecular weight excluding hydrogens is 312 g/mol. The Morgan fingerprint density at radius 2 is 1.88 bits per heavy atom. The van der Waals surface area contributed by atoms with Gasteiger partial charge in [0.15, 0.2) is 0 Å². The highest BCUT2D eigenvalue weighted by molar-refractivity contribution is 5.53. The number of azo groups is 1. The lowest BCUT2D eigenvalue weighted by atomic mass is 10.1. The zero-order valence-electron chi connectivity index (χ0n) is 14.8. The summed E-state index contributed by atoms with van der Waals surface area (Å²) in [6, 6.07) is 16.7. The topological polar surface area (TPSA) is 58.7 Å². The van der Waals surface area contributed by atoms with Crippen LogP contribution in [-0.4, -0.2) is 21.3 Å². The highest BCUT2D eigenvalue weighted by Gasteiger charge is 2.06. The fourth-order valence-corrected chi connectivity index (χ4v) is 2.62. The molecule has 0 spiro atoms. The Morgan fingerprint density at radius 3 is 2.52 bits per heavy atom. The first-order valence-corrected chi connectivity index (χ1v) is 8.32. The SMILES string of the molecule is CCN(Cc1cccc(C)c1)c1ccc(N=Nc2nncn2C)cc1. The first-order chi connectivity index (χ1) is 12.2. The zero-order chi connectivity index (χ0) is 17.6. The minimum atomic E-state index is 0.485. The summed E-state index contributed by atoms with van der Waals surface area (Å²) < 4.78 is 1.72. The van der Waals surface area contributed by atoms with Crippen LogP contribution in [0, 0.1) is 6.92 Å². The van der Waals surface area contributed by atoms with Crippen LogP contribution in [0.5, 0.6) is 0 Å². The van der Waals surface area contributed by atoms with Crippen molar-refractivity contribution < 1.29 is 0 Å². The van der Waals surface area contributed by atoms with Crippen LogP contribution in [0.1, 0.15) is 18.1 Å². The van der Waals surface area contributed by atoms with Crippen LogP contribution in [0.2, 0.25) is 0 Å². The first kappa shape index (κ1) is 16.8. The highest BCUT2D eigenvalue weighted by atomic mass is 15.3. The molecular formula is C19H22N6. The second-order valence-corrected chi connectivity index (χ2v) is 5.96. The molecule has 0 N–H and O–H groups in total. The molecule has 128 valence electrons. The molecule has 3 rings (SSSR count). The maximum absolute atomic E-state index is 4.21. The van der Waals surface area contributed by atoms with Crippen molar-refractivity contribution in [3.8, 4) is 0 Å². The van der Waals surface area contributed by atoms with Crippen molar-refractivity contribution in [3.63, 3.8) is 0 Å². The van der Waals surface area contributed by atoms with Crippen LogP contribution in [0.15, 0.2) is 65.1 Å². The molecule has 3 aromatic rings. The molecule has 0 bridgehead atoms. The molecule has 0 aliphatic rings. The third-order valence-electron chi connectivity index (χ3n) is 3.99. The Labute approximate surface area is 147 Å². The third-order valence-corrected chi connectivity index (χ3v) is 3.99. The van der Waals surface area contributed by atoms with Gasteiger partial charge in [0.1, 0.15) is 6.33 Å². The van der Waals surface area contributed by atoms with Crippen LogP contribution in [0.4, 0.5) is 17.3 Å². The predicted octanol–water partition coefficient (Wildman–Crippen LogP) is 4.57. The second-order valence-electron chi connectivity index (χ2n) is 5.96. The average molecular weight is 334 g/mol. The van der Waals surface area contributed by atoms with E-state index in [0.717, 1.165) is 18.8 Å². The second kappa shape index (κ2) is 7.70. The lowest BCUT2D eigenvalue weighted by Crippen LogP contribution is -2.21. The van der Waals surface area contributed by atoms with Gasteiger partial charge in [-0.05, 0) is 43.7 Å². The zero-order valence-corrected chi connectivity index (χ0v) is 14.8. The third kappa shape index (κ3) is 4.29. The van der Waals surface area contributed by atoms with Gasteiger partial charge in [-0.2, -0.15) is 0 Å². The van der Waals surface area contributed by atoms with Crippen molar-refractivity contribution in [3.05, 3.63) is 66.0 Å². The largest absolute Gasteiger partial charge is 0.367 e. The van der Waals surface area contributed by atoms with Gasteiger partial charge in [-0.25, -0.2) is 0 Å². The number of benzene rings is 2. The minimum Gasteiger partial charge on any atom is -0.367 e. The maximum Gasteiger partial charge on any atom is 0.269 e. The van der Waals surface area contributed by atoms with E-state index in [4.69, 9.17) is 0 Å². The number of nitrogens with zero attached hydrogens (tertiary/aromatic N) is 6. The van der Waals surface area contributed by atoms with Crippen molar-refractivity contribution in [2.45, 2.75) is 20.4 Å². The van der Waals surface area contributed by atoms with Crippen LogP contribution in [0.3, 0.4) is 0 Å². The molecule has 25 heavy (non-hydrogen) atoms. The molecule has 0 aliphatic heterocycles. The van der Waals surface area contributed by atoms with Gasteiger partial charge >= 0.3 is 0 Å². The van der Waals surface area contributed by atoms with Crippen molar-refractivity contribution >= 4 is 17.3 Å². The maximum atomic E-state index is 4.21. The number of aryl methyl sites for hydroxylation is 2. The smallest absolute Gasteiger partial charge is 0.269 e. The van der Waals surface area contributed by atoms with E-state index in [1.165, 1.54) is 16.8 Å². The van der Waals surface area contributed by atoms with E-state index in [0.29, 0.717) is 5.95 Å². The molecule has 1 heterocycles. The fraction of sp³-hybridized carbons (Fsp3) is 0.263. The Kier molecular flexibility index (Phi) is 5.18. The van der Waals surface area contributed by atoms with Crippen molar-refractivity contribution in [1.82, 2.24) is 14.8 Å². The number of hydrogen-bond donors (Lipinski definition) is 0. The van der Waals surface area contributed by atoms with E-state index in [2.05, 4.69) is 75.6 Å². The Balaban J connectivity index is 1.71. The Bertz CT molecular complexity index is 850. The van der Waals surface area contributed by atoms with E-state index in [1.54, 1.807) is 10.9 Å². The molecule has 6 nitrogen and oxygen atoms in total. The van der Waals surface area contributed by atoms with Gasteiger partial charge in [0.2, 0.25) is 0 Å². The number of hydrogen-bond acceptors (Lipinski definition) is 5. The van der Waals surface area contributed by atoms with E-state index in [9.17, 15) is 0 Å². The Hall–Kier alpha value is -3.02. The minimum absolute atomic E-state index is 0.485. The Morgan fingerprint density at radius 1 is 1.08 bits per heavy atom. The normalized spacial score (nSPS) is 11.2. The molecule has 2 aromatic carbocycles. The lowest BCUT2D eigenvalue weighted by molar-refractivity contribution is 0.831. The summed E-state index contributed by atoms with van der Waals surface area (Å²) >= 11 is 0. The standard InChI is InChI=1S/C19H22N6/c1-4-25(13-16-7-5-6-15(2)12-16)18-10-8-17(9-11-18)21-23-19-22-20-14-24(19)3/h5-12,14H,4,13H2,1-3H3. The molecule has 0 fully saturated rings. The summed E-state index contributed by atoms with van der Waals surface area (Å²) in [4.78, 5) is 2.33. The van der Waals surface area contributed by atoms with Crippen molar-refractivity contribution in [1.29, 1.82) is 0 Å². The first-order valence-electron chi connectivity index (χ1n) is 8.32. The quantitative estimate of drug-likeness (QED) is 0.621. The van der Waals surface area contributed by atoms with Gasteiger partial charge in [-0.15, -0.1) is 20.4 Å². The van der Waals surface area contributed by atoms with Gasteiger partial charge in [-0.3, -0.25) is 0 Å². The summed E-state index contributed by atoms with van der Waals surface area (Å²) in [6.45, 7) is 6.11. The summed E-state index contributed by atoms with van der Waals surface area (Å²) in [5.41, 5.74) is 4.56. The lowest BCUT2D eigenvalue weighted by Gasteiger charge is -2.23. The van der Waals surface area contributed by atoms with Crippen LogP contribution in [0.25, 0.3) is 0 Å². The van der Waals surface area contributed by atoms with Crippen LogP contribution >= 0.6 is 0 Å². The van der Waals surface area contributed by atoms with Gasteiger partial charge in [0.25, 0.3) is 5.95 Å². The molecule has 0 saturated heterocycles. The summed E-state index contributed by atoms with van der Waals surface area (Å²) in [5.74, 6) is 0.485. The fourth-order valence-electron chi connectivity index (χ4n) is 2.62. The molecule has 0 atom stereocenters. The molecule has 0 unspecified atom stereocenters. The van der Waals surface area contributed by atoms with Gasteiger partial charge in [0.05, 0.1) is 5.69 Å². The summed E-state index contributed by atoms with van der Waals surface area (Å²) in [5, 5.41) is 16.0. The van der Waals surface area contributed by atoms with Gasteiger partial charge in [0, 0.05) is 25.8 Å². The summed E-state index contributed by atoms with van der Waals surface area (Å²) in [6.07, 6.45) is 1.60. The number of aromatic nitrogens is 3. The van der Waals surface area contributed by atoms with E-state index in [-0.39, 0.29) is 0 Å². The molecule has 6 heteroatoms. The van der Waals surface area contributed by atoms with Crippen molar-refractivity contribution in [2.24, 2.45) is 17.3 Å². The average Bonchev–Trinajstić information content (AvgIpc) is 3.03. The molecule has 0 amide bonds. The number of anilines is 1. The van der Waals surface area contributed by atoms with E-state index in [1.807, 2.05) is 19.2 Å². The van der Waals surface area contributed by atoms with Crippen LogP contribution < -0.4 is 4.90 Å². The molecule has 0 saturated carbocycles. The monoisotopic (exact) mass is 334 g/mol. The number of rotatable bonds is 6. The highest BCUT2D eigenvalue weighted by Crippen LogP contribution is 2.23. The molecule has 1 aromatic heterocycles. The van der Waals surface area contributed by atoms with Crippen molar-refractivity contribution in [2.75, 3.05) is 11.4 Å². The predicted molar refractivity (Wildman–Crippen MR) is 99.5 cm³/mol. The summed E-state index contributed by atoms with van der Waals surface area (Å²) in [7, 11) is 1.84. The van der Waals surface area contributed by atoms with Gasteiger partial charge in [-0.1, -0.05) is 29.8 Å². The van der Waals surface area contributed by atoms with E-state index < -0.39 is 0 Å².